The van der Waals surface area contributed by atoms with Gasteiger partial charge >= 0.3 is 0 Å². The molecule has 0 amide bonds. The molecular formula is C13H20Cl2N4. The number of para-hydroxylation sites is 2. The van der Waals surface area contributed by atoms with Crippen LogP contribution in [-0.4, -0.2) is 51.1 Å². The van der Waals surface area contributed by atoms with Gasteiger partial charge in [-0.15, -0.1) is 24.8 Å². The summed E-state index contributed by atoms with van der Waals surface area (Å²) in [6.45, 7) is 3.98. The lowest BCUT2D eigenvalue weighted by Gasteiger charge is -2.21. The molecule has 0 fully saturated rings. The van der Waals surface area contributed by atoms with Gasteiger partial charge in [0.2, 0.25) is 5.96 Å². The van der Waals surface area contributed by atoms with Gasteiger partial charge in [-0.1, -0.05) is 12.1 Å². The van der Waals surface area contributed by atoms with Crippen LogP contribution in [0, 0.1) is 0 Å². The van der Waals surface area contributed by atoms with Crippen molar-refractivity contribution in [2.24, 2.45) is 4.99 Å². The highest BCUT2D eigenvalue weighted by Crippen LogP contribution is 2.38. The maximum Gasteiger partial charge on any atom is 0.206 e. The smallest absolute Gasteiger partial charge is 0.206 e. The van der Waals surface area contributed by atoms with Crippen LogP contribution in [0.15, 0.2) is 29.3 Å². The predicted octanol–water partition coefficient (Wildman–Crippen LogP) is 2.09. The molecule has 3 rings (SSSR count). The topological polar surface area (TPSA) is 22.1 Å². The summed E-state index contributed by atoms with van der Waals surface area (Å²) >= 11 is 0. The maximum atomic E-state index is 4.62. The fraction of sp³-hybridized carbons (Fsp3) is 0.462. The maximum absolute atomic E-state index is 4.62. The summed E-state index contributed by atoms with van der Waals surface area (Å²) in [5.74, 6) is 1.13. The molecule has 1 aromatic rings. The quantitative estimate of drug-likeness (QED) is 0.853. The van der Waals surface area contributed by atoms with Crippen LogP contribution in [0.25, 0.3) is 0 Å². The van der Waals surface area contributed by atoms with Gasteiger partial charge in [0.1, 0.15) is 0 Å². The van der Waals surface area contributed by atoms with Gasteiger partial charge in [0.15, 0.2) is 0 Å². The molecule has 0 N–H and O–H groups in total. The van der Waals surface area contributed by atoms with Crippen LogP contribution in [0.3, 0.4) is 0 Å². The van der Waals surface area contributed by atoms with Gasteiger partial charge in [0.05, 0.1) is 17.9 Å². The monoisotopic (exact) mass is 302 g/mol. The zero-order chi connectivity index (χ0) is 11.8. The molecule has 6 heteroatoms. The van der Waals surface area contributed by atoms with Crippen molar-refractivity contribution < 1.29 is 0 Å². The zero-order valence-corrected chi connectivity index (χ0v) is 12.9. The summed E-state index contributed by atoms with van der Waals surface area (Å²) in [5, 5.41) is 0. The zero-order valence-electron chi connectivity index (χ0n) is 11.2. The first-order chi connectivity index (χ1) is 8.27. The van der Waals surface area contributed by atoms with E-state index in [1.165, 1.54) is 11.4 Å². The lowest BCUT2D eigenvalue weighted by molar-refractivity contribution is 0.420. The van der Waals surface area contributed by atoms with Crippen LogP contribution in [0.1, 0.15) is 0 Å². The van der Waals surface area contributed by atoms with Gasteiger partial charge in [0.25, 0.3) is 0 Å². The second kappa shape index (κ2) is 6.46. The minimum absolute atomic E-state index is 0. The largest absolute Gasteiger partial charge is 0.309 e. The lowest BCUT2D eigenvalue weighted by atomic mass is 10.2. The van der Waals surface area contributed by atoms with Crippen LogP contribution in [-0.2, 0) is 0 Å². The second-order valence-corrected chi connectivity index (χ2v) is 4.78. The highest BCUT2D eigenvalue weighted by Gasteiger charge is 2.34. The highest BCUT2D eigenvalue weighted by atomic mass is 35.5. The first-order valence-electron chi connectivity index (χ1n) is 6.10. The van der Waals surface area contributed by atoms with E-state index in [2.05, 4.69) is 58.1 Å². The molecule has 2 heterocycles. The number of hydrogen-bond donors (Lipinski definition) is 0. The van der Waals surface area contributed by atoms with Crippen LogP contribution < -0.4 is 9.80 Å². The third-order valence-corrected chi connectivity index (χ3v) is 3.29. The number of rotatable bonds is 3. The van der Waals surface area contributed by atoms with Crippen molar-refractivity contribution in [2.45, 2.75) is 0 Å². The number of anilines is 2. The summed E-state index contributed by atoms with van der Waals surface area (Å²) in [7, 11) is 4.21. The summed E-state index contributed by atoms with van der Waals surface area (Å²) < 4.78 is 0. The molecule has 19 heavy (non-hydrogen) atoms. The van der Waals surface area contributed by atoms with E-state index in [1.807, 2.05) is 0 Å². The number of guanidine groups is 1. The first-order valence-corrected chi connectivity index (χ1v) is 6.10. The molecule has 0 bridgehead atoms. The fourth-order valence-corrected chi connectivity index (χ4v) is 2.44. The van der Waals surface area contributed by atoms with Gasteiger partial charge in [0, 0.05) is 19.6 Å². The summed E-state index contributed by atoms with van der Waals surface area (Å²) in [5.41, 5.74) is 2.61. The van der Waals surface area contributed by atoms with Crippen molar-refractivity contribution >= 4 is 42.1 Å². The molecule has 2 aliphatic rings. The predicted molar refractivity (Wildman–Crippen MR) is 86.5 cm³/mol. The molecule has 0 saturated heterocycles. The molecular weight excluding hydrogens is 283 g/mol. The third kappa shape index (κ3) is 2.81. The number of halogens is 2. The molecule has 106 valence electrons. The Morgan fingerprint density at radius 1 is 1.16 bits per heavy atom. The Morgan fingerprint density at radius 2 is 1.84 bits per heavy atom. The molecule has 0 aromatic heterocycles. The molecule has 2 aliphatic heterocycles. The van der Waals surface area contributed by atoms with E-state index in [0.717, 1.165) is 32.1 Å². The average Bonchev–Trinajstić information content (AvgIpc) is 2.87. The highest BCUT2D eigenvalue weighted by molar-refractivity contribution is 6.17. The fourth-order valence-electron chi connectivity index (χ4n) is 2.44. The van der Waals surface area contributed by atoms with E-state index in [1.54, 1.807) is 0 Å². The molecule has 0 radical (unpaired) electrons. The van der Waals surface area contributed by atoms with Crippen molar-refractivity contribution in [3.63, 3.8) is 0 Å². The van der Waals surface area contributed by atoms with Gasteiger partial charge in [-0.2, -0.15) is 0 Å². The molecule has 0 atom stereocenters. The number of aliphatic imine (C=N–C) groups is 1. The number of hydrogen-bond acceptors (Lipinski definition) is 4. The van der Waals surface area contributed by atoms with E-state index in [4.69, 9.17) is 0 Å². The lowest BCUT2D eigenvalue weighted by Crippen LogP contribution is -2.39. The third-order valence-electron chi connectivity index (χ3n) is 3.29. The molecule has 0 saturated carbocycles. The van der Waals surface area contributed by atoms with Crippen molar-refractivity contribution in [1.29, 1.82) is 0 Å². The Balaban J connectivity index is 0.000000902. The van der Waals surface area contributed by atoms with Gasteiger partial charge < -0.3 is 14.7 Å². The van der Waals surface area contributed by atoms with Crippen molar-refractivity contribution in [3.8, 4) is 0 Å². The first kappa shape index (κ1) is 16.1. The summed E-state index contributed by atoms with van der Waals surface area (Å²) in [6.07, 6.45) is 0. The average molecular weight is 303 g/mol. The van der Waals surface area contributed by atoms with Crippen LogP contribution >= 0.6 is 24.8 Å². The van der Waals surface area contributed by atoms with E-state index in [-0.39, 0.29) is 24.8 Å². The molecule has 4 nitrogen and oxygen atoms in total. The Labute approximate surface area is 126 Å². The SMILES string of the molecule is CN(C)CCN1C2=NCCN2c2ccccc21.Cl.Cl. The Morgan fingerprint density at radius 3 is 2.53 bits per heavy atom. The van der Waals surface area contributed by atoms with Crippen molar-refractivity contribution in [1.82, 2.24) is 4.90 Å². The molecule has 0 unspecified atom stereocenters. The van der Waals surface area contributed by atoms with Gasteiger partial charge in [-0.3, -0.25) is 4.99 Å². The van der Waals surface area contributed by atoms with E-state index in [0.29, 0.717) is 0 Å². The normalized spacial score (nSPS) is 15.6. The summed E-state index contributed by atoms with van der Waals surface area (Å²) in [4.78, 5) is 11.5. The van der Waals surface area contributed by atoms with Crippen LogP contribution in [0.4, 0.5) is 11.4 Å². The summed E-state index contributed by atoms with van der Waals surface area (Å²) in [6, 6.07) is 8.58. The van der Waals surface area contributed by atoms with Gasteiger partial charge in [-0.25, -0.2) is 0 Å². The standard InChI is InChI=1S/C13H18N4.2ClH/c1-15(2)9-10-17-12-6-4-3-5-11(12)16-8-7-14-13(16)17;;/h3-6H,7-10H2,1-2H3;2*1H. The van der Waals surface area contributed by atoms with Crippen molar-refractivity contribution in [3.05, 3.63) is 24.3 Å². The van der Waals surface area contributed by atoms with Gasteiger partial charge in [-0.05, 0) is 26.2 Å². The molecule has 0 aliphatic carbocycles. The van der Waals surface area contributed by atoms with Crippen LogP contribution in [0.2, 0.25) is 0 Å². The Kier molecular flexibility index (Phi) is 5.47. The molecule has 1 aromatic carbocycles. The molecule has 0 spiro atoms. The number of fused-ring (bicyclic) bond motifs is 3. The van der Waals surface area contributed by atoms with Crippen molar-refractivity contribution in [2.75, 3.05) is 50.1 Å². The minimum Gasteiger partial charge on any atom is -0.309 e. The minimum atomic E-state index is 0. The Bertz CT molecular complexity index is 462. The number of benzene rings is 1. The van der Waals surface area contributed by atoms with Crippen LogP contribution in [0.5, 0.6) is 0 Å². The van der Waals surface area contributed by atoms with E-state index < -0.39 is 0 Å². The van der Waals surface area contributed by atoms with E-state index >= 15 is 0 Å². The number of likely N-dealkylation sites (N-methyl/N-ethyl adjacent to an activating group) is 1. The number of nitrogens with zero attached hydrogens (tertiary/aromatic N) is 4. The van der Waals surface area contributed by atoms with E-state index in [9.17, 15) is 0 Å². The second-order valence-electron chi connectivity index (χ2n) is 4.78. The Hall–Kier alpha value is -0.970.